The molecule has 2 aromatic rings. The number of hydrogen-bond acceptors (Lipinski definition) is 5. The number of carbonyl (C=O) groups excluding carboxylic acids is 3. The van der Waals surface area contributed by atoms with Crippen molar-refractivity contribution in [3.8, 4) is 11.5 Å². The first-order valence-corrected chi connectivity index (χ1v) is 10.6. The first kappa shape index (κ1) is 22.8. The highest BCUT2D eigenvalue weighted by Gasteiger charge is 2.37. The number of nitrogens with zero attached hydrogens (tertiary/aromatic N) is 1. The highest BCUT2D eigenvalue weighted by atomic mass is 79.9. The van der Waals surface area contributed by atoms with Gasteiger partial charge in [-0.05, 0) is 60.9 Å². The number of nitrogens with one attached hydrogen (secondary N) is 1. The van der Waals surface area contributed by atoms with Crippen molar-refractivity contribution in [3.05, 3.63) is 56.5 Å². The summed E-state index contributed by atoms with van der Waals surface area (Å²) in [6.07, 6.45) is 2.16. The molecular weight excluding hydrogens is 488 g/mol. The van der Waals surface area contributed by atoms with Crippen LogP contribution >= 0.6 is 27.5 Å². The van der Waals surface area contributed by atoms with E-state index in [1.54, 1.807) is 37.3 Å². The predicted octanol–water partition coefficient (Wildman–Crippen LogP) is 4.87. The first-order valence-electron chi connectivity index (χ1n) is 9.44. The van der Waals surface area contributed by atoms with Crippen molar-refractivity contribution in [2.75, 3.05) is 18.6 Å². The van der Waals surface area contributed by atoms with E-state index in [4.69, 9.17) is 21.1 Å². The smallest absolute Gasteiger partial charge is 0.335 e. The average Bonchev–Trinajstić information content (AvgIpc) is 2.71. The molecule has 7 nitrogen and oxygen atoms in total. The maximum absolute atomic E-state index is 13.1. The molecule has 1 saturated heterocycles. The number of hydrogen-bond donors (Lipinski definition) is 1. The van der Waals surface area contributed by atoms with Crippen molar-refractivity contribution in [2.45, 2.75) is 20.3 Å². The van der Waals surface area contributed by atoms with Crippen molar-refractivity contribution in [1.82, 2.24) is 5.32 Å². The van der Waals surface area contributed by atoms with Crippen LogP contribution in [0.3, 0.4) is 0 Å². The summed E-state index contributed by atoms with van der Waals surface area (Å²) in [6, 6.07) is 7.48. The minimum atomic E-state index is -0.809. The summed E-state index contributed by atoms with van der Waals surface area (Å²) >= 11 is 9.69. The Bertz CT molecular complexity index is 1100. The Morgan fingerprint density at radius 2 is 1.94 bits per heavy atom. The Labute approximate surface area is 193 Å². The molecule has 0 bridgehead atoms. The SMILES string of the molecule is CCCOc1c(Cl)cc(/C=C2/C(=O)NC(=O)N(c3ccc(Br)cc3C)C2=O)cc1OC. The van der Waals surface area contributed by atoms with Crippen molar-refractivity contribution < 1.29 is 23.9 Å². The number of aryl methyl sites for hydroxylation is 1. The highest BCUT2D eigenvalue weighted by molar-refractivity contribution is 9.10. The van der Waals surface area contributed by atoms with Crippen LogP contribution in [0.5, 0.6) is 11.5 Å². The second-order valence-electron chi connectivity index (χ2n) is 6.77. The van der Waals surface area contributed by atoms with Crippen LogP contribution in [-0.4, -0.2) is 31.6 Å². The molecule has 3 rings (SSSR count). The topological polar surface area (TPSA) is 84.9 Å². The predicted molar refractivity (Wildman–Crippen MR) is 122 cm³/mol. The Morgan fingerprint density at radius 3 is 2.58 bits per heavy atom. The Hall–Kier alpha value is -2.84. The summed E-state index contributed by atoms with van der Waals surface area (Å²) < 4.78 is 11.8. The maximum Gasteiger partial charge on any atom is 0.335 e. The molecule has 2 aromatic carbocycles. The van der Waals surface area contributed by atoms with Gasteiger partial charge in [-0.15, -0.1) is 0 Å². The molecule has 1 aliphatic heterocycles. The summed E-state index contributed by atoms with van der Waals surface area (Å²) in [4.78, 5) is 38.9. The summed E-state index contributed by atoms with van der Waals surface area (Å²) in [5.74, 6) is -0.772. The van der Waals surface area contributed by atoms with Crippen LogP contribution in [0.25, 0.3) is 6.08 Å². The number of amides is 4. The molecule has 4 amide bonds. The van der Waals surface area contributed by atoms with Crippen LogP contribution in [0.15, 0.2) is 40.4 Å². The number of halogens is 2. The van der Waals surface area contributed by atoms with Crippen LogP contribution in [0.2, 0.25) is 5.02 Å². The third-order valence-electron chi connectivity index (χ3n) is 4.51. The standard InChI is InChI=1S/C22H20BrClN2O5/c1-4-7-31-19-16(24)10-13(11-18(19)30-3)9-15-20(27)25-22(29)26(21(15)28)17-6-5-14(23)8-12(17)2/h5-6,8-11H,4,7H2,1-3H3,(H,25,27,29)/b15-9-. The maximum atomic E-state index is 13.1. The zero-order valence-electron chi connectivity index (χ0n) is 17.1. The fraction of sp³-hybridized carbons (Fsp3) is 0.227. The minimum Gasteiger partial charge on any atom is -0.493 e. The van der Waals surface area contributed by atoms with Gasteiger partial charge in [-0.25, -0.2) is 9.69 Å². The number of imide groups is 2. The lowest BCUT2D eigenvalue weighted by molar-refractivity contribution is -0.122. The number of anilines is 1. The number of benzene rings is 2. The van der Waals surface area contributed by atoms with Crippen LogP contribution in [0.4, 0.5) is 10.5 Å². The minimum absolute atomic E-state index is 0.206. The van der Waals surface area contributed by atoms with Crippen molar-refractivity contribution >= 4 is 57.1 Å². The van der Waals surface area contributed by atoms with E-state index in [-0.39, 0.29) is 10.6 Å². The van der Waals surface area contributed by atoms with Gasteiger partial charge in [0.25, 0.3) is 11.8 Å². The van der Waals surface area contributed by atoms with E-state index in [0.29, 0.717) is 34.9 Å². The monoisotopic (exact) mass is 506 g/mol. The zero-order chi connectivity index (χ0) is 22.7. The molecule has 1 heterocycles. The Morgan fingerprint density at radius 1 is 1.19 bits per heavy atom. The van der Waals surface area contributed by atoms with Gasteiger partial charge in [0.05, 0.1) is 24.4 Å². The number of rotatable bonds is 6. The molecule has 1 fully saturated rings. The van der Waals surface area contributed by atoms with Gasteiger partial charge in [0.2, 0.25) is 0 Å². The number of methoxy groups -OCH3 is 1. The molecular formula is C22H20BrClN2O5. The molecule has 31 heavy (non-hydrogen) atoms. The summed E-state index contributed by atoms with van der Waals surface area (Å²) in [5, 5.41) is 2.49. The third-order valence-corrected chi connectivity index (χ3v) is 5.29. The van der Waals surface area contributed by atoms with E-state index >= 15 is 0 Å². The van der Waals surface area contributed by atoms with Gasteiger partial charge < -0.3 is 9.47 Å². The van der Waals surface area contributed by atoms with E-state index in [0.717, 1.165) is 15.8 Å². The van der Waals surface area contributed by atoms with Crippen LogP contribution in [0, 0.1) is 6.92 Å². The molecule has 0 spiro atoms. The molecule has 0 atom stereocenters. The van der Waals surface area contributed by atoms with E-state index in [1.165, 1.54) is 13.2 Å². The average molecular weight is 508 g/mol. The largest absolute Gasteiger partial charge is 0.493 e. The molecule has 0 radical (unpaired) electrons. The molecule has 1 aliphatic rings. The summed E-state index contributed by atoms with van der Waals surface area (Å²) in [6.45, 7) is 4.19. The summed E-state index contributed by atoms with van der Waals surface area (Å²) in [7, 11) is 1.47. The van der Waals surface area contributed by atoms with Gasteiger partial charge in [-0.1, -0.05) is 34.5 Å². The van der Waals surface area contributed by atoms with Crippen molar-refractivity contribution in [3.63, 3.8) is 0 Å². The van der Waals surface area contributed by atoms with E-state index in [9.17, 15) is 14.4 Å². The van der Waals surface area contributed by atoms with Crippen LogP contribution in [0.1, 0.15) is 24.5 Å². The van der Waals surface area contributed by atoms with Crippen LogP contribution in [-0.2, 0) is 9.59 Å². The number of barbiturate groups is 1. The lowest BCUT2D eigenvalue weighted by Crippen LogP contribution is -2.54. The summed E-state index contributed by atoms with van der Waals surface area (Å²) in [5.41, 5.74) is 1.31. The van der Waals surface area contributed by atoms with Crippen LogP contribution < -0.4 is 19.7 Å². The lowest BCUT2D eigenvalue weighted by atomic mass is 10.1. The van der Waals surface area contributed by atoms with Crippen molar-refractivity contribution in [2.24, 2.45) is 0 Å². The zero-order valence-corrected chi connectivity index (χ0v) is 19.5. The number of ether oxygens (including phenoxy) is 2. The Kier molecular flexibility index (Phi) is 7.02. The molecule has 0 aliphatic carbocycles. The van der Waals surface area contributed by atoms with Gasteiger partial charge in [-0.2, -0.15) is 0 Å². The van der Waals surface area contributed by atoms with Gasteiger partial charge in [-0.3, -0.25) is 14.9 Å². The number of carbonyl (C=O) groups is 3. The highest BCUT2D eigenvalue weighted by Crippen LogP contribution is 2.37. The quantitative estimate of drug-likeness (QED) is 0.445. The Balaban J connectivity index is 2.03. The normalized spacial score (nSPS) is 15.3. The molecule has 0 unspecified atom stereocenters. The fourth-order valence-electron chi connectivity index (χ4n) is 3.08. The van der Waals surface area contributed by atoms with Gasteiger partial charge in [0.15, 0.2) is 11.5 Å². The van der Waals surface area contributed by atoms with Crippen molar-refractivity contribution in [1.29, 1.82) is 0 Å². The van der Waals surface area contributed by atoms with Gasteiger partial charge in [0.1, 0.15) is 5.57 Å². The van der Waals surface area contributed by atoms with Gasteiger partial charge >= 0.3 is 6.03 Å². The molecule has 162 valence electrons. The molecule has 9 heteroatoms. The second-order valence-corrected chi connectivity index (χ2v) is 8.09. The van der Waals surface area contributed by atoms with E-state index in [2.05, 4.69) is 21.2 Å². The third kappa shape index (κ3) is 4.75. The number of urea groups is 1. The van der Waals surface area contributed by atoms with E-state index in [1.807, 2.05) is 6.92 Å². The molecule has 1 N–H and O–H groups in total. The first-order chi connectivity index (χ1) is 14.8. The molecule has 0 aromatic heterocycles. The molecule has 0 saturated carbocycles. The second kappa shape index (κ2) is 9.53. The fourth-order valence-corrected chi connectivity index (χ4v) is 3.83. The van der Waals surface area contributed by atoms with E-state index < -0.39 is 17.8 Å². The lowest BCUT2D eigenvalue weighted by Gasteiger charge is -2.27. The van der Waals surface area contributed by atoms with Gasteiger partial charge in [0, 0.05) is 4.47 Å².